The molecule has 1 aliphatic heterocycles. The van der Waals surface area contributed by atoms with Gasteiger partial charge in [0.15, 0.2) is 0 Å². The number of rotatable bonds is 1. The predicted molar refractivity (Wildman–Crippen MR) is 63.5 cm³/mol. The van der Waals surface area contributed by atoms with Crippen LogP contribution in [0, 0.1) is 10.6 Å². The minimum Gasteiger partial charge on any atom is -0.353 e. The van der Waals surface area contributed by atoms with Crippen molar-refractivity contribution in [3.05, 3.63) is 28.0 Å². The zero-order valence-electron chi connectivity index (χ0n) is 9.03. The van der Waals surface area contributed by atoms with E-state index in [0.29, 0.717) is 11.8 Å². The molecule has 1 fully saturated rings. The van der Waals surface area contributed by atoms with Gasteiger partial charge in [-0.1, -0.05) is 12.2 Å². The lowest BCUT2D eigenvalue weighted by Gasteiger charge is -2.28. The molecule has 0 unspecified atom stereocenters. The first-order valence-corrected chi connectivity index (χ1v) is 6.14. The SMILES string of the molecule is O=C(C1CC1)N1CCc2cc(=S)[nH]cc2C1. The molecule has 1 aromatic heterocycles. The Morgan fingerprint density at radius 2 is 2.25 bits per heavy atom. The standard InChI is InChI=1S/C12H14N2OS/c15-12(8-1-2-8)14-4-3-9-5-11(16)13-6-10(9)7-14/h5-6,8H,1-4,7H2,(H,13,16). The van der Waals surface area contributed by atoms with Crippen molar-refractivity contribution in [2.45, 2.75) is 25.8 Å². The highest BCUT2D eigenvalue weighted by Crippen LogP contribution is 2.32. The second-order valence-electron chi connectivity index (χ2n) is 4.63. The molecule has 84 valence electrons. The Balaban J connectivity index is 1.83. The first kappa shape index (κ1) is 10.0. The number of amides is 1. The van der Waals surface area contributed by atoms with Crippen LogP contribution in [-0.4, -0.2) is 22.3 Å². The molecule has 3 nitrogen and oxygen atoms in total. The molecule has 1 aliphatic carbocycles. The fraction of sp³-hybridized carbons (Fsp3) is 0.500. The van der Waals surface area contributed by atoms with E-state index < -0.39 is 0 Å². The highest BCUT2D eigenvalue weighted by molar-refractivity contribution is 7.71. The molecule has 1 saturated carbocycles. The van der Waals surface area contributed by atoms with Gasteiger partial charge in [0.25, 0.3) is 0 Å². The topological polar surface area (TPSA) is 36.1 Å². The Morgan fingerprint density at radius 3 is 3.00 bits per heavy atom. The number of hydrogen-bond donors (Lipinski definition) is 1. The van der Waals surface area contributed by atoms with Crippen LogP contribution in [-0.2, 0) is 17.8 Å². The molecule has 1 amide bonds. The summed E-state index contributed by atoms with van der Waals surface area (Å²) in [6.07, 6.45) is 5.05. The molecule has 3 rings (SSSR count). The number of carbonyl (C=O) groups excluding carboxylic acids is 1. The smallest absolute Gasteiger partial charge is 0.225 e. The van der Waals surface area contributed by atoms with Crippen LogP contribution in [0.1, 0.15) is 24.0 Å². The Hall–Kier alpha value is -1.16. The van der Waals surface area contributed by atoms with E-state index in [2.05, 4.69) is 4.98 Å². The molecular weight excluding hydrogens is 220 g/mol. The summed E-state index contributed by atoms with van der Waals surface area (Å²) in [7, 11) is 0. The summed E-state index contributed by atoms with van der Waals surface area (Å²) >= 11 is 5.09. The monoisotopic (exact) mass is 234 g/mol. The fourth-order valence-corrected chi connectivity index (χ4v) is 2.44. The number of pyridine rings is 1. The van der Waals surface area contributed by atoms with E-state index in [4.69, 9.17) is 12.2 Å². The number of aromatic amines is 1. The Labute approximate surface area is 99.5 Å². The first-order chi connectivity index (χ1) is 7.74. The van der Waals surface area contributed by atoms with Gasteiger partial charge in [0, 0.05) is 25.2 Å². The molecule has 0 atom stereocenters. The number of hydrogen-bond acceptors (Lipinski definition) is 2. The second kappa shape index (κ2) is 3.70. The van der Waals surface area contributed by atoms with Crippen molar-refractivity contribution < 1.29 is 4.79 Å². The van der Waals surface area contributed by atoms with E-state index in [9.17, 15) is 4.79 Å². The molecule has 0 spiro atoms. The van der Waals surface area contributed by atoms with Gasteiger partial charge in [-0.15, -0.1) is 0 Å². The Kier molecular flexibility index (Phi) is 2.32. The molecule has 0 bridgehead atoms. The third-order valence-electron chi connectivity index (χ3n) is 3.36. The molecule has 16 heavy (non-hydrogen) atoms. The predicted octanol–water partition coefficient (Wildman–Crippen LogP) is 2.04. The van der Waals surface area contributed by atoms with Gasteiger partial charge in [-0.25, -0.2) is 0 Å². The highest BCUT2D eigenvalue weighted by atomic mass is 32.1. The van der Waals surface area contributed by atoms with Crippen LogP contribution >= 0.6 is 12.2 Å². The lowest BCUT2D eigenvalue weighted by Crippen LogP contribution is -2.36. The number of aromatic nitrogens is 1. The minimum atomic E-state index is 0.323. The fourth-order valence-electron chi connectivity index (χ4n) is 2.24. The molecule has 0 aromatic carbocycles. The summed E-state index contributed by atoms with van der Waals surface area (Å²) in [6.45, 7) is 1.60. The van der Waals surface area contributed by atoms with Crippen molar-refractivity contribution in [1.29, 1.82) is 0 Å². The molecule has 2 aliphatic rings. The van der Waals surface area contributed by atoms with E-state index in [-0.39, 0.29) is 0 Å². The maximum absolute atomic E-state index is 11.9. The normalized spacial score (nSPS) is 19.4. The Morgan fingerprint density at radius 1 is 1.44 bits per heavy atom. The van der Waals surface area contributed by atoms with Crippen LogP contribution in [0.5, 0.6) is 0 Å². The number of nitrogens with one attached hydrogen (secondary N) is 1. The number of H-pyrrole nitrogens is 1. The summed E-state index contributed by atoms with van der Waals surface area (Å²) in [6, 6.07) is 2.02. The summed E-state index contributed by atoms with van der Waals surface area (Å²) in [5.41, 5.74) is 2.51. The van der Waals surface area contributed by atoms with Gasteiger partial charge >= 0.3 is 0 Å². The van der Waals surface area contributed by atoms with Crippen LogP contribution in [0.4, 0.5) is 0 Å². The first-order valence-electron chi connectivity index (χ1n) is 5.73. The molecule has 0 saturated heterocycles. The van der Waals surface area contributed by atoms with Gasteiger partial charge < -0.3 is 9.88 Å². The van der Waals surface area contributed by atoms with E-state index in [1.165, 1.54) is 11.1 Å². The molecule has 1 aromatic rings. The van der Waals surface area contributed by atoms with E-state index in [1.807, 2.05) is 17.2 Å². The van der Waals surface area contributed by atoms with Crippen molar-refractivity contribution >= 4 is 18.1 Å². The average molecular weight is 234 g/mol. The quantitative estimate of drug-likeness (QED) is 0.755. The average Bonchev–Trinajstić information content (AvgIpc) is 3.11. The van der Waals surface area contributed by atoms with Crippen LogP contribution in [0.25, 0.3) is 0 Å². The van der Waals surface area contributed by atoms with E-state index in [0.717, 1.165) is 37.0 Å². The number of carbonyl (C=O) groups is 1. The third-order valence-corrected chi connectivity index (χ3v) is 3.59. The highest BCUT2D eigenvalue weighted by Gasteiger charge is 2.34. The molecule has 4 heteroatoms. The van der Waals surface area contributed by atoms with Crippen molar-refractivity contribution in [3.8, 4) is 0 Å². The lowest BCUT2D eigenvalue weighted by molar-refractivity contribution is -0.133. The lowest BCUT2D eigenvalue weighted by atomic mass is 10.0. The van der Waals surface area contributed by atoms with Crippen molar-refractivity contribution in [3.63, 3.8) is 0 Å². The molecular formula is C12H14N2OS. The number of nitrogens with zero attached hydrogens (tertiary/aromatic N) is 1. The van der Waals surface area contributed by atoms with Gasteiger partial charge in [0.1, 0.15) is 4.64 Å². The van der Waals surface area contributed by atoms with Gasteiger partial charge in [-0.3, -0.25) is 4.79 Å². The van der Waals surface area contributed by atoms with Crippen LogP contribution in [0.15, 0.2) is 12.3 Å². The van der Waals surface area contributed by atoms with Gasteiger partial charge in [0.2, 0.25) is 5.91 Å². The molecule has 2 heterocycles. The maximum atomic E-state index is 11.9. The van der Waals surface area contributed by atoms with Gasteiger partial charge in [-0.2, -0.15) is 0 Å². The van der Waals surface area contributed by atoms with E-state index >= 15 is 0 Å². The zero-order chi connectivity index (χ0) is 11.1. The minimum absolute atomic E-state index is 0.323. The van der Waals surface area contributed by atoms with Crippen LogP contribution < -0.4 is 0 Å². The molecule has 1 N–H and O–H groups in total. The third kappa shape index (κ3) is 1.78. The van der Waals surface area contributed by atoms with E-state index in [1.54, 1.807) is 0 Å². The summed E-state index contributed by atoms with van der Waals surface area (Å²) in [4.78, 5) is 17.0. The molecule has 0 radical (unpaired) electrons. The van der Waals surface area contributed by atoms with Crippen molar-refractivity contribution in [2.24, 2.45) is 5.92 Å². The number of fused-ring (bicyclic) bond motifs is 1. The Bertz CT molecular complexity index is 490. The van der Waals surface area contributed by atoms with Crippen molar-refractivity contribution in [1.82, 2.24) is 9.88 Å². The van der Waals surface area contributed by atoms with Crippen LogP contribution in [0.2, 0.25) is 0 Å². The zero-order valence-corrected chi connectivity index (χ0v) is 9.85. The van der Waals surface area contributed by atoms with Crippen molar-refractivity contribution in [2.75, 3.05) is 6.54 Å². The van der Waals surface area contributed by atoms with Gasteiger partial charge in [-0.05, 0) is 36.5 Å². The largest absolute Gasteiger partial charge is 0.353 e. The maximum Gasteiger partial charge on any atom is 0.225 e. The van der Waals surface area contributed by atoms with Crippen LogP contribution in [0.3, 0.4) is 0 Å². The summed E-state index contributed by atoms with van der Waals surface area (Å²) in [5, 5.41) is 0. The summed E-state index contributed by atoms with van der Waals surface area (Å²) < 4.78 is 0.778. The summed E-state index contributed by atoms with van der Waals surface area (Å²) in [5.74, 6) is 0.664. The van der Waals surface area contributed by atoms with Gasteiger partial charge in [0.05, 0.1) is 0 Å². The second-order valence-corrected chi connectivity index (χ2v) is 5.07.